The van der Waals surface area contributed by atoms with Gasteiger partial charge in [0, 0.05) is 5.41 Å². The topological polar surface area (TPSA) is 24.9 Å². The van der Waals surface area contributed by atoms with Crippen LogP contribution in [0.3, 0.4) is 0 Å². The normalized spacial score (nSPS) is 19.6. The van der Waals surface area contributed by atoms with Crippen LogP contribution in [0.25, 0.3) is 10.2 Å². The third-order valence-corrected chi connectivity index (χ3v) is 5.09. The zero-order valence-corrected chi connectivity index (χ0v) is 11.2. The Bertz CT molecular complexity index is 538. The van der Waals surface area contributed by atoms with Crippen molar-refractivity contribution in [2.45, 2.75) is 32.1 Å². The highest BCUT2D eigenvalue weighted by molar-refractivity contribution is 7.18. The van der Waals surface area contributed by atoms with Crippen molar-refractivity contribution in [2.24, 2.45) is 0 Å². The van der Waals surface area contributed by atoms with Gasteiger partial charge in [-0.1, -0.05) is 13.0 Å². The van der Waals surface area contributed by atoms with Gasteiger partial charge in [-0.15, -0.1) is 11.3 Å². The highest BCUT2D eigenvalue weighted by atomic mass is 32.1. The molecule has 2 aromatic rings. The van der Waals surface area contributed by atoms with Crippen molar-refractivity contribution >= 4 is 21.6 Å². The molecule has 0 atom stereocenters. The van der Waals surface area contributed by atoms with Gasteiger partial charge in [-0.2, -0.15) is 0 Å². The molecule has 17 heavy (non-hydrogen) atoms. The lowest BCUT2D eigenvalue weighted by Crippen LogP contribution is -2.37. The predicted molar refractivity (Wildman–Crippen MR) is 73.8 cm³/mol. The number of benzene rings is 1. The fourth-order valence-electron chi connectivity index (χ4n) is 2.48. The highest BCUT2D eigenvalue weighted by Crippen LogP contribution is 2.37. The van der Waals surface area contributed by atoms with E-state index in [1.165, 1.54) is 28.1 Å². The number of nitrogens with one attached hydrogen (secondary N) is 1. The number of aryl methyl sites for hydroxylation is 1. The average Bonchev–Trinajstić information content (AvgIpc) is 2.73. The summed E-state index contributed by atoms with van der Waals surface area (Å²) in [6.07, 6.45) is 2.40. The maximum Gasteiger partial charge on any atom is 0.0998 e. The molecule has 0 unspecified atom stereocenters. The SMILES string of the molecule is Cc1ccc2nc(C3(C)CCNCC3)sc2c1. The van der Waals surface area contributed by atoms with Crippen LogP contribution in [0.5, 0.6) is 0 Å². The van der Waals surface area contributed by atoms with Crippen LogP contribution in [0.4, 0.5) is 0 Å². The van der Waals surface area contributed by atoms with E-state index in [2.05, 4.69) is 37.4 Å². The smallest absolute Gasteiger partial charge is 0.0998 e. The number of nitrogens with zero attached hydrogens (tertiary/aromatic N) is 1. The van der Waals surface area contributed by atoms with Crippen LogP contribution in [-0.4, -0.2) is 18.1 Å². The standard InChI is InChI=1S/C14H18N2S/c1-10-3-4-11-12(9-10)17-13(16-11)14(2)5-7-15-8-6-14/h3-4,9,15H,5-8H2,1-2H3. The predicted octanol–water partition coefficient (Wildman–Crippen LogP) is 3.25. The summed E-state index contributed by atoms with van der Waals surface area (Å²) >= 11 is 1.88. The molecule has 1 saturated heterocycles. The second-order valence-electron chi connectivity index (χ2n) is 5.30. The van der Waals surface area contributed by atoms with Crippen molar-refractivity contribution < 1.29 is 0 Å². The second-order valence-corrected chi connectivity index (χ2v) is 6.33. The minimum absolute atomic E-state index is 0.281. The molecule has 2 nitrogen and oxygen atoms in total. The monoisotopic (exact) mass is 246 g/mol. The van der Waals surface area contributed by atoms with Gasteiger partial charge in [0.2, 0.25) is 0 Å². The molecule has 0 bridgehead atoms. The fourth-order valence-corrected chi connectivity index (χ4v) is 3.75. The van der Waals surface area contributed by atoms with Gasteiger partial charge in [-0.05, 0) is 50.6 Å². The quantitative estimate of drug-likeness (QED) is 0.835. The summed E-state index contributed by atoms with van der Waals surface area (Å²) in [7, 11) is 0. The number of thiazole rings is 1. The number of fused-ring (bicyclic) bond motifs is 1. The molecule has 1 aromatic carbocycles. The van der Waals surface area contributed by atoms with E-state index in [1.807, 2.05) is 11.3 Å². The molecule has 1 aliphatic rings. The molecule has 1 fully saturated rings. The maximum absolute atomic E-state index is 4.84. The second kappa shape index (κ2) is 4.07. The third kappa shape index (κ3) is 1.98. The van der Waals surface area contributed by atoms with Crippen LogP contribution in [0.15, 0.2) is 18.2 Å². The first kappa shape index (κ1) is 11.2. The molecule has 2 heterocycles. The summed E-state index contributed by atoms with van der Waals surface area (Å²) < 4.78 is 1.33. The van der Waals surface area contributed by atoms with Gasteiger partial charge < -0.3 is 5.32 Å². The van der Waals surface area contributed by atoms with Crippen molar-refractivity contribution in [3.8, 4) is 0 Å². The number of rotatable bonds is 1. The number of hydrogen-bond donors (Lipinski definition) is 1. The van der Waals surface area contributed by atoms with Gasteiger partial charge in [-0.3, -0.25) is 0 Å². The van der Waals surface area contributed by atoms with Crippen molar-refractivity contribution in [1.29, 1.82) is 0 Å². The van der Waals surface area contributed by atoms with Crippen molar-refractivity contribution in [3.05, 3.63) is 28.8 Å². The Morgan fingerprint density at radius 1 is 1.29 bits per heavy atom. The molecular weight excluding hydrogens is 228 g/mol. The molecule has 3 heteroatoms. The van der Waals surface area contributed by atoms with E-state index >= 15 is 0 Å². The van der Waals surface area contributed by atoms with Crippen LogP contribution in [0, 0.1) is 6.92 Å². The highest BCUT2D eigenvalue weighted by Gasteiger charge is 2.31. The van der Waals surface area contributed by atoms with E-state index in [1.54, 1.807) is 0 Å². The lowest BCUT2D eigenvalue weighted by Gasteiger charge is -2.31. The van der Waals surface area contributed by atoms with E-state index in [9.17, 15) is 0 Å². The van der Waals surface area contributed by atoms with Crippen molar-refractivity contribution in [1.82, 2.24) is 10.3 Å². The minimum Gasteiger partial charge on any atom is -0.317 e. The lowest BCUT2D eigenvalue weighted by atomic mass is 9.82. The summed E-state index contributed by atoms with van der Waals surface area (Å²) in [5.41, 5.74) is 2.77. The van der Waals surface area contributed by atoms with E-state index < -0.39 is 0 Å². The minimum atomic E-state index is 0.281. The zero-order valence-electron chi connectivity index (χ0n) is 10.4. The van der Waals surface area contributed by atoms with Crippen molar-refractivity contribution in [3.63, 3.8) is 0 Å². The molecule has 0 radical (unpaired) electrons. The lowest BCUT2D eigenvalue weighted by molar-refractivity contribution is 0.334. The molecule has 0 amide bonds. The molecule has 0 saturated carbocycles. The van der Waals surface area contributed by atoms with Gasteiger partial charge in [0.25, 0.3) is 0 Å². The van der Waals surface area contributed by atoms with E-state index in [4.69, 9.17) is 4.98 Å². The molecule has 1 N–H and O–H groups in total. The number of aromatic nitrogens is 1. The summed E-state index contributed by atoms with van der Waals surface area (Å²) in [5, 5.41) is 4.75. The molecule has 3 rings (SSSR count). The summed E-state index contributed by atoms with van der Waals surface area (Å²) in [5.74, 6) is 0. The molecule has 0 aliphatic carbocycles. The first-order chi connectivity index (χ1) is 8.17. The molecule has 1 aliphatic heterocycles. The summed E-state index contributed by atoms with van der Waals surface area (Å²) in [6, 6.07) is 6.55. The van der Waals surface area contributed by atoms with Crippen LogP contribution < -0.4 is 5.32 Å². The Balaban J connectivity index is 2.05. The summed E-state index contributed by atoms with van der Waals surface area (Å²) in [4.78, 5) is 4.84. The van der Waals surface area contributed by atoms with Gasteiger partial charge in [0.15, 0.2) is 0 Å². The van der Waals surface area contributed by atoms with Crippen LogP contribution in [-0.2, 0) is 5.41 Å². The van der Waals surface area contributed by atoms with Gasteiger partial charge in [0.1, 0.15) is 0 Å². The van der Waals surface area contributed by atoms with Gasteiger partial charge in [-0.25, -0.2) is 4.98 Å². The first-order valence-electron chi connectivity index (χ1n) is 6.26. The number of piperidine rings is 1. The van der Waals surface area contributed by atoms with E-state index in [-0.39, 0.29) is 5.41 Å². The van der Waals surface area contributed by atoms with Crippen LogP contribution in [0.2, 0.25) is 0 Å². The molecule has 1 aromatic heterocycles. The van der Waals surface area contributed by atoms with Gasteiger partial charge >= 0.3 is 0 Å². The Labute approximate surface area is 106 Å². The largest absolute Gasteiger partial charge is 0.317 e. The Kier molecular flexibility index (Phi) is 2.68. The molecule has 0 spiro atoms. The zero-order chi connectivity index (χ0) is 11.9. The third-order valence-electron chi connectivity index (χ3n) is 3.77. The summed E-state index contributed by atoms with van der Waals surface area (Å²) in [6.45, 7) is 6.74. The molecular formula is C14H18N2S. The first-order valence-corrected chi connectivity index (χ1v) is 7.07. The van der Waals surface area contributed by atoms with E-state index in [0.717, 1.165) is 18.6 Å². The van der Waals surface area contributed by atoms with Crippen LogP contribution in [0.1, 0.15) is 30.3 Å². The Hall–Kier alpha value is -0.930. The Morgan fingerprint density at radius 2 is 2.06 bits per heavy atom. The van der Waals surface area contributed by atoms with Gasteiger partial charge in [0.05, 0.1) is 15.2 Å². The van der Waals surface area contributed by atoms with Crippen molar-refractivity contribution in [2.75, 3.05) is 13.1 Å². The Morgan fingerprint density at radius 3 is 2.82 bits per heavy atom. The average molecular weight is 246 g/mol. The molecule has 90 valence electrons. The number of hydrogen-bond acceptors (Lipinski definition) is 3. The van der Waals surface area contributed by atoms with Crippen LogP contribution >= 0.6 is 11.3 Å². The van der Waals surface area contributed by atoms with E-state index in [0.29, 0.717) is 0 Å². The maximum atomic E-state index is 4.84. The fraction of sp³-hybridized carbons (Fsp3) is 0.500.